The van der Waals surface area contributed by atoms with Crippen molar-refractivity contribution in [2.75, 3.05) is 23.0 Å². The zero-order valence-electron chi connectivity index (χ0n) is 22.0. The number of imidazole rings is 1. The molecule has 9 nitrogen and oxygen atoms in total. The number of aromatic nitrogens is 3. The van der Waals surface area contributed by atoms with E-state index in [1.807, 2.05) is 55.1 Å². The Balaban J connectivity index is 1.39. The number of anilines is 1. The second-order valence-corrected chi connectivity index (χ2v) is 13.1. The SMILES string of the molecule is Cc1noc(C)c1-c1ccc2c(c1)nc([C@@H]1CCC(=O)N1c1ccc3c(c1)CCO3)n2C1CCCS(=O)(=O)C1. The molecule has 7 rings (SSSR count). The van der Waals surface area contributed by atoms with Crippen LogP contribution in [0.3, 0.4) is 0 Å². The third-order valence-corrected chi connectivity index (χ3v) is 10.1. The van der Waals surface area contributed by atoms with Crippen molar-refractivity contribution in [2.45, 2.75) is 58.0 Å². The molecule has 0 spiro atoms. The molecule has 2 aromatic carbocycles. The monoisotopic (exact) mass is 546 g/mol. The van der Waals surface area contributed by atoms with E-state index in [0.29, 0.717) is 25.9 Å². The molecule has 2 aromatic heterocycles. The van der Waals surface area contributed by atoms with Gasteiger partial charge >= 0.3 is 0 Å². The van der Waals surface area contributed by atoms with E-state index in [2.05, 4.69) is 9.72 Å². The maximum Gasteiger partial charge on any atom is 0.227 e. The molecule has 2 fully saturated rings. The van der Waals surface area contributed by atoms with E-state index in [0.717, 1.165) is 69.3 Å². The van der Waals surface area contributed by atoms with Gasteiger partial charge in [0, 0.05) is 30.1 Å². The summed E-state index contributed by atoms with van der Waals surface area (Å²) in [5, 5.41) is 4.10. The van der Waals surface area contributed by atoms with Crippen molar-refractivity contribution >= 4 is 32.5 Å². The molecule has 1 amide bonds. The molecule has 4 aromatic rings. The second kappa shape index (κ2) is 8.94. The van der Waals surface area contributed by atoms with Crippen LogP contribution in [-0.2, 0) is 21.1 Å². The van der Waals surface area contributed by atoms with Crippen LogP contribution in [0.4, 0.5) is 5.69 Å². The molecule has 202 valence electrons. The summed E-state index contributed by atoms with van der Waals surface area (Å²) in [7, 11) is -3.17. The second-order valence-electron chi connectivity index (χ2n) is 10.9. The van der Waals surface area contributed by atoms with E-state index in [9.17, 15) is 13.2 Å². The molecule has 0 saturated carbocycles. The lowest BCUT2D eigenvalue weighted by molar-refractivity contribution is -0.117. The first kappa shape index (κ1) is 24.4. The summed E-state index contributed by atoms with van der Waals surface area (Å²) >= 11 is 0. The van der Waals surface area contributed by atoms with Gasteiger partial charge < -0.3 is 18.7 Å². The molecule has 0 N–H and O–H groups in total. The summed E-state index contributed by atoms with van der Waals surface area (Å²) in [5.74, 6) is 2.68. The first-order valence-electron chi connectivity index (χ1n) is 13.5. The van der Waals surface area contributed by atoms with E-state index in [1.54, 1.807) is 0 Å². The predicted octanol–water partition coefficient (Wildman–Crippen LogP) is 4.86. The molecular formula is C29H30N4O5S. The van der Waals surface area contributed by atoms with E-state index in [4.69, 9.17) is 14.2 Å². The van der Waals surface area contributed by atoms with Crippen molar-refractivity contribution in [3.8, 4) is 16.9 Å². The number of hydrogen-bond acceptors (Lipinski definition) is 7. The first-order valence-corrected chi connectivity index (χ1v) is 15.3. The molecule has 0 radical (unpaired) electrons. The van der Waals surface area contributed by atoms with E-state index >= 15 is 0 Å². The summed E-state index contributed by atoms with van der Waals surface area (Å²) in [6.07, 6.45) is 3.21. The normalized spacial score (nSPS) is 22.4. The largest absolute Gasteiger partial charge is 0.493 e. The maximum absolute atomic E-state index is 13.3. The number of aryl methyl sites for hydroxylation is 2. The van der Waals surface area contributed by atoms with Crippen LogP contribution in [0, 0.1) is 13.8 Å². The fourth-order valence-corrected chi connectivity index (χ4v) is 8.24. The highest BCUT2D eigenvalue weighted by molar-refractivity contribution is 7.91. The smallest absolute Gasteiger partial charge is 0.227 e. The maximum atomic E-state index is 13.3. The average molecular weight is 547 g/mol. The summed E-state index contributed by atoms with van der Waals surface area (Å²) in [6, 6.07) is 11.5. The van der Waals surface area contributed by atoms with Crippen molar-refractivity contribution in [3.05, 3.63) is 59.2 Å². The molecule has 39 heavy (non-hydrogen) atoms. The van der Waals surface area contributed by atoms with Gasteiger partial charge in [0.2, 0.25) is 5.91 Å². The van der Waals surface area contributed by atoms with Crippen LogP contribution in [0.25, 0.3) is 22.2 Å². The molecule has 0 bridgehead atoms. The van der Waals surface area contributed by atoms with E-state index < -0.39 is 9.84 Å². The number of amides is 1. The van der Waals surface area contributed by atoms with Gasteiger partial charge in [-0.2, -0.15) is 0 Å². The van der Waals surface area contributed by atoms with Crippen LogP contribution in [-0.4, -0.2) is 47.1 Å². The Morgan fingerprint density at radius 2 is 1.92 bits per heavy atom. The third kappa shape index (κ3) is 4.04. The van der Waals surface area contributed by atoms with Gasteiger partial charge in [0.1, 0.15) is 17.3 Å². The van der Waals surface area contributed by atoms with Gasteiger partial charge in [0.25, 0.3) is 0 Å². The van der Waals surface area contributed by atoms with Gasteiger partial charge in [-0.05, 0) is 74.6 Å². The standard InChI is InChI=1S/C29H30N4O5S/c1-17-28(18(2)38-31-17)20-5-7-24-23(15-20)30-29(33(24)22-4-3-13-39(35,36)16-22)25-8-10-27(34)32(25)21-6-9-26-19(14-21)11-12-37-26/h5-7,9,14-15,22,25H,3-4,8,10-13,16H2,1-2H3/t22?,25-/m0/s1. The van der Waals surface area contributed by atoms with Crippen LogP contribution in [0.1, 0.15) is 60.6 Å². The highest BCUT2D eigenvalue weighted by Gasteiger charge is 2.39. The molecule has 2 atom stereocenters. The zero-order valence-corrected chi connectivity index (χ0v) is 22.8. The number of benzene rings is 2. The number of fused-ring (bicyclic) bond motifs is 2. The Kier molecular flexibility index (Phi) is 5.59. The Morgan fingerprint density at radius 1 is 1.05 bits per heavy atom. The van der Waals surface area contributed by atoms with Crippen molar-refractivity contribution in [3.63, 3.8) is 0 Å². The van der Waals surface area contributed by atoms with Crippen molar-refractivity contribution in [2.24, 2.45) is 0 Å². The molecular weight excluding hydrogens is 516 g/mol. The quantitative estimate of drug-likeness (QED) is 0.360. The number of carbonyl (C=O) groups excluding carboxylic acids is 1. The van der Waals surface area contributed by atoms with Crippen LogP contribution in [0.5, 0.6) is 5.75 Å². The summed E-state index contributed by atoms with van der Waals surface area (Å²) in [6.45, 7) is 4.45. The Bertz CT molecular complexity index is 1720. The van der Waals surface area contributed by atoms with Crippen LogP contribution < -0.4 is 9.64 Å². The molecule has 3 aliphatic rings. The number of sulfone groups is 1. The van der Waals surface area contributed by atoms with Gasteiger partial charge in [-0.15, -0.1) is 0 Å². The highest BCUT2D eigenvalue weighted by atomic mass is 32.2. The number of nitrogens with zero attached hydrogens (tertiary/aromatic N) is 4. The Morgan fingerprint density at radius 3 is 2.72 bits per heavy atom. The Hall–Kier alpha value is -3.66. The first-order chi connectivity index (χ1) is 18.8. The number of rotatable bonds is 4. The Labute approximate surface area is 226 Å². The van der Waals surface area contributed by atoms with E-state index in [-0.39, 0.29) is 29.5 Å². The number of hydrogen-bond donors (Lipinski definition) is 0. The lowest BCUT2D eigenvalue weighted by atomic mass is 10.0. The summed E-state index contributed by atoms with van der Waals surface area (Å²) in [4.78, 5) is 20.3. The van der Waals surface area contributed by atoms with Crippen molar-refractivity contribution in [1.29, 1.82) is 0 Å². The lowest BCUT2D eigenvalue weighted by Crippen LogP contribution is -2.33. The lowest BCUT2D eigenvalue weighted by Gasteiger charge is -2.30. The zero-order chi connectivity index (χ0) is 26.9. The highest BCUT2D eigenvalue weighted by Crippen LogP contribution is 2.42. The summed E-state index contributed by atoms with van der Waals surface area (Å²) in [5.41, 5.74) is 6.27. The van der Waals surface area contributed by atoms with Gasteiger partial charge in [-0.25, -0.2) is 13.4 Å². The predicted molar refractivity (Wildman–Crippen MR) is 147 cm³/mol. The van der Waals surface area contributed by atoms with Crippen LogP contribution in [0.15, 0.2) is 40.9 Å². The number of ether oxygens (including phenoxy) is 1. The fraction of sp³-hybridized carbons (Fsp3) is 0.414. The van der Waals surface area contributed by atoms with E-state index in [1.165, 1.54) is 0 Å². The number of carbonyl (C=O) groups is 1. The van der Waals surface area contributed by atoms with Crippen molar-refractivity contribution < 1.29 is 22.5 Å². The van der Waals surface area contributed by atoms with Crippen LogP contribution >= 0.6 is 0 Å². The molecule has 0 aliphatic carbocycles. The summed E-state index contributed by atoms with van der Waals surface area (Å²) < 4.78 is 38.6. The minimum absolute atomic E-state index is 0.0464. The minimum Gasteiger partial charge on any atom is -0.493 e. The molecule has 3 aliphatic heterocycles. The van der Waals surface area contributed by atoms with Gasteiger partial charge in [0.15, 0.2) is 9.84 Å². The van der Waals surface area contributed by atoms with Gasteiger partial charge in [-0.3, -0.25) is 4.79 Å². The molecule has 1 unspecified atom stereocenters. The fourth-order valence-electron chi connectivity index (χ4n) is 6.56. The minimum atomic E-state index is -3.17. The molecule has 10 heteroatoms. The third-order valence-electron chi connectivity index (χ3n) is 8.30. The van der Waals surface area contributed by atoms with Gasteiger partial charge in [0.05, 0.1) is 40.9 Å². The van der Waals surface area contributed by atoms with Crippen LogP contribution in [0.2, 0.25) is 0 Å². The average Bonchev–Trinajstić information content (AvgIpc) is 3.67. The van der Waals surface area contributed by atoms with Gasteiger partial charge in [-0.1, -0.05) is 11.2 Å². The molecule has 2 saturated heterocycles. The topological polar surface area (TPSA) is 108 Å². The van der Waals surface area contributed by atoms with Crippen molar-refractivity contribution in [1.82, 2.24) is 14.7 Å². The molecule has 5 heterocycles.